The van der Waals surface area contributed by atoms with Crippen molar-refractivity contribution < 1.29 is 9.90 Å². The van der Waals surface area contributed by atoms with Gasteiger partial charge in [-0.1, -0.05) is 48.0 Å². The number of aliphatic hydroxyl groups is 1. The molecule has 2 N–H and O–H groups in total. The van der Waals surface area contributed by atoms with Crippen molar-refractivity contribution in [1.29, 1.82) is 0 Å². The van der Waals surface area contributed by atoms with Crippen LogP contribution in [0, 0.1) is 6.92 Å². The predicted octanol–water partition coefficient (Wildman–Crippen LogP) is 4.62. The van der Waals surface area contributed by atoms with Gasteiger partial charge in [0.15, 0.2) is 5.76 Å². The van der Waals surface area contributed by atoms with E-state index in [0.29, 0.717) is 12.1 Å². The second-order valence-electron chi connectivity index (χ2n) is 7.98. The molecular weight excluding hydrogens is 388 g/mol. The monoisotopic (exact) mass is 412 g/mol. The minimum atomic E-state index is -0.338. The highest BCUT2D eigenvalue weighted by Gasteiger charge is 2.41. The number of para-hydroxylation sites is 1. The van der Waals surface area contributed by atoms with Gasteiger partial charge in [0.2, 0.25) is 0 Å². The van der Waals surface area contributed by atoms with Gasteiger partial charge in [-0.05, 0) is 25.0 Å². The first-order valence-electron chi connectivity index (χ1n) is 10.5. The summed E-state index contributed by atoms with van der Waals surface area (Å²) in [6, 6.07) is 15.8. The predicted molar refractivity (Wildman–Crippen MR) is 120 cm³/mol. The molecule has 0 bridgehead atoms. The Morgan fingerprint density at radius 2 is 1.90 bits per heavy atom. The van der Waals surface area contributed by atoms with Crippen molar-refractivity contribution in [3.8, 4) is 0 Å². The van der Waals surface area contributed by atoms with E-state index in [1.54, 1.807) is 17.4 Å². The molecule has 1 atom stereocenters. The third kappa shape index (κ3) is 3.40. The van der Waals surface area contributed by atoms with Crippen LogP contribution in [0.3, 0.4) is 0 Å². The van der Waals surface area contributed by atoms with Gasteiger partial charge in [-0.2, -0.15) is 0 Å². The van der Waals surface area contributed by atoms with Gasteiger partial charge in [-0.25, -0.2) is 4.98 Å². The molecule has 0 aliphatic carbocycles. The Hall–Kier alpha value is -3.80. The standard InChI is InChI=1S/C25H24N4O2/c1-17-7-9-18(10-8-17)23-22(20-15-27-21-6-3-2-5-19(20)21)24(30)25(31)29(23)13-4-12-28-14-11-26-16-28/h2-3,5-11,14-16,23,27,30H,4,12-13H2,1H3. The Kier molecular flexibility index (Phi) is 4.82. The lowest BCUT2D eigenvalue weighted by atomic mass is 9.92. The van der Waals surface area contributed by atoms with Crippen molar-refractivity contribution in [2.24, 2.45) is 0 Å². The summed E-state index contributed by atoms with van der Waals surface area (Å²) < 4.78 is 2.00. The van der Waals surface area contributed by atoms with Gasteiger partial charge in [0.05, 0.1) is 12.4 Å². The lowest BCUT2D eigenvalue weighted by Crippen LogP contribution is -2.31. The summed E-state index contributed by atoms with van der Waals surface area (Å²) in [4.78, 5) is 22.3. The summed E-state index contributed by atoms with van der Waals surface area (Å²) in [7, 11) is 0. The van der Waals surface area contributed by atoms with Crippen molar-refractivity contribution >= 4 is 22.4 Å². The fraction of sp³-hybridized carbons (Fsp3) is 0.200. The van der Waals surface area contributed by atoms with E-state index in [2.05, 4.69) is 9.97 Å². The zero-order chi connectivity index (χ0) is 21.4. The van der Waals surface area contributed by atoms with Crippen LogP contribution in [0.5, 0.6) is 0 Å². The second-order valence-corrected chi connectivity index (χ2v) is 7.98. The van der Waals surface area contributed by atoms with Crippen molar-refractivity contribution in [1.82, 2.24) is 19.4 Å². The first-order chi connectivity index (χ1) is 15.1. The molecule has 6 heteroatoms. The molecule has 3 heterocycles. The molecule has 0 saturated carbocycles. The molecular formula is C25H24N4O2. The number of aryl methyl sites for hydroxylation is 2. The van der Waals surface area contributed by atoms with Crippen molar-refractivity contribution in [3.63, 3.8) is 0 Å². The van der Waals surface area contributed by atoms with Crippen LogP contribution in [-0.2, 0) is 11.3 Å². The van der Waals surface area contributed by atoms with Gasteiger partial charge >= 0.3 is 0 Å². The SMILES string of the molecule is Cc1ccc(C2C(c3c[nH]c4ccccc34)=C(O)C(=O)N2CCCn2ccnc2)cc1. The molecule has 1 aliphatic rings. The van der Waals surface area contributed by atoms with Crippen LogP contribution >= 0.6 is 0 Å². The maximum absolute atomic E-state index is 13.2. The Morgan fingerprint density at radius 1 is 1.10 bits per heavy atom. The maximum Gasteiger partial charge on any atom is 0.289 e. The van der Waals surface area contributed by atoms with Gasteiger partial charge in [0.25, 0.3) is 5.91 Å². The van der Waals surface area contributed by atoms with Gasteiger partial charge in [0.1, 0.15) is 0 Å². The van der Waals surface area contributed by atoms with Crippen LogP contribution in [0.1, 0.15) is 29.2 Å². The van der Waals surface area contributed by atoms with E-state index in [0.717, 1.165) is 40.6 Å². The molecule has 0 saturated heterocycles. The number of carbonyl (C=O) groups excluding carboxylic acids is 1. The first-order valence-corrected chi connectivity index (χ1v) is 10.5. The minimum absolute atomic E-state index is 0.169. The summed E-state index contributed by atoms with van der Waals surface area (Å²) in [6.07, 6.45) is 8.09. The number of aromatic amines is 1. The molecule has 2 aromatic carbocycles. The average molecular weight is 412 g/mol. The third-order valence-corrected chi connectivity index (χ3v) is 5.95. The molecule has 5 rings (SSSR count). The van der Waals surface area contributed by atoms with E-state index in [-0.39, 0.29) is 17.7 Å². The Balaban J connectivity index is 1.54. The number of amides is 1. The van der Waals surface area contributed by atoms with E-state index in [9.17, 15) is 9.90 Å². The Labute approximate surface area is 180 Å². The fourth-order valence-corrected chi connectivity index (χ4v) is 4.39. The van der Waals surface area contributed by atoms with E-state index < -0.39 is 0 Å². The van der Waals surface area contributed by atoms with Gasteiger partial charge in [-0.15, -0.1) is 0 Å². The molecule has 0 fully saturated rings. The Bertz CT molecular complexity index is 1250. The molecule has 4 aromatic rings. The maximum atomic E-state index is 13.2. The number of carbonyl (C=O) groups is 1. The zero-order valence-electron chi connectivity index (χ0n) is 17.3. The number of nitrogens with one attached hydrogen (secondary N) is 1. The quantitative estimate of drug-likeness (QED) is 0.485. The minimum Gasteiger partial charge on any atom is -0.503 e. The lowest BCUT2D eigenvalue weighted by Gasteiger charge is -2.27. The van der Waals surface area contributed by atoms with E-state index >= 15 is 0 Å². The number of imidazole rings is 1. The molecule has 31 heavy (non-hydrogen) atoms. The van der Waals surface area contributed by atoms with Crippen molar-refractivity contribution in [2.75, 3.05) is 6.54 Å². The van der Waals surface area contributed by atoms with Crippen LogP contribution in [0.25, 0.3) is 16.5 Å². The number of aromatic nitrogens is 3. The van der Waals surface area contributed by atoms with E-state index in [1.165, 1.54) is 0 Å². The van der Waals surface area contributed by atoms with Crippen LogP contribution in [0.4, 0.5) is 0 Å². The second kappa shape index (κ2) is 7.80. The highest BCUT2D eigenvalue weighted by Crippen LogP contribution is 2.45. The summed E-state index contributed by atoms with van der Waals surface area (Å²) in [5.41, 5.74) is 4.65. The van der Waals surface area contributed by atoms with E-state index in [1.807, 2.05) is 72.4 Å². The zero-order valence-corrected chi connectivity index (χ0v) is 17.3. The summed E-state index contributed by atoms with van der Waals surface area (Å²) in [5.74, 6) is -0.491. The first kappa shape index (κ1) is 19.2. The molecule has 6 nitrogen and oxygen atoms in total. The number of H-pyrrole nitrogens is 1. The molecule has 0 spiro atoms. The van der Waals surface area contributed by atoms with Crippen LogP contribution in [0.15, 0.2) is 79.2 Å². The topological polar surface area (TPSA) is 74.2 Å². The number of aliphatic hydroxyl groups excluding tert-OH is 1. The number of benzene rings is 2. The molecule has 1 aliphatic heterocycles. The summed E-state index contributed by atoms with van der Waals surface area (Å²) >= 11 is 0. The summed E-state index contributed by atoms with van der Waals surface area (Å²) in [6.45, 7) is 3.33. The number of fused-ring (bicyclic) bond motifs is 1. The normalized spacial score (nSPS) is 16.6. The molecule has 2 aromatic heterocycles. The summed E-state index contributed by atoms with van der Waals surface area (Å²) in [5, 5.41) is 12.0. The number of nitrogens with zero attached hydrogens (tertiary/aromatic N) is 3. The number of hydrogen-bond donors (Lipinski definition) is 2. The third-order valence-electron chi connectivity index (χ3n) is 5.95. The fourth-order valence-electron chi connectivity index (χ4n) is 4.39. The van der Waals surface area contributed by atoms with Crippen LogP contribution < -0.4 is 0 Å². The smallest absolute Gasteiger partial charge is 0.289 e. The molecule has 1 unspecified atom stereocenters. The number of hydrogen-bond acceptors (Lipinski definition) is 3. The van der Waals surface area contributed by atoms with E-state index in [4.69, 9.17) is 0 Å². The molecule has 0 radical (unpaired) electrons. The molecule has 156 valence electrons. The Morgan fingerprint density at radius 3 is 2.68 bits per heavy atom. The largest absolute Gasteiger partial charge is 0.503 e. The van der Waals surface area contributed by atoms with Gasteiger partial charge in [0, 0.05) is 53.7 Å². The number of rotatable bonds is 6. The lowest BCUT2D eigenvalue weighted by molar-refractivity contribution is -0.129. The molecule has 1 amide bonds. The highest BCUT2D eigenvalue weighted by atomic mass is 16.3. The van der Waals surface area contributed by atoms with Crippen LogP contribution in [0.2, 0.25) is 0 Å². The van der Waals surface area contributed by atoms with Crippen molar-refractivity contribution in [2.45, 2.75) is 25.9 Å². The van der Waals surface area contributed by atoms with Crippen molar-refractivity contribution in [3.05, 3.63) is 95.9 Å². The van der Waals surface area contributed by atoms with Crippen LogP contribution in [-0.4, -0.2) is 37.0 Å². The van der Waals surface area contributed by atoms with Gasteiger partial charge in [-0.3, -0.25) is 4.79 Å². The highest BCUT2D eigenvalue weighted by molar-refractivity contribution is 6.08. The van der Waals surface area contributed by atoms with Gasteiger partial charge < -0.3 is 19.6 Å². The average Bonchev–Trinajstić information content (AvgIpc) is 3.50.